The highest BCUT2D eigenvalue weighted by Gasteiger charge is 2.30. The van der Waals surface area contributed by atoms with Crippen LogP contribution in [-0.2, 0) is 0 Å². The summed E-state index contributed by atoms with van der Waals surface area (Å²) in [5, 5.41) is 3.52. The van der Waals surface area contributed by atoms with E-state index in [-0.39, 0.29) is 5.91 Å². The van der Waals surface area contributed by atoms with Crippen molar-refractivity contribution in [2.45, 2.75) is 32.7 Å². The highest BCUT2D eigenvalue weighted by molar-refractivity contribution is 5.93. The van der Waals surface area contributed by atoms with Crippen molar-refractivity contribution in [2.24, 2.45) is 5.92 Å². The zero-order chi connectivity index (χ0) is 13.7. The maximum absolute atomic E-state index is 12.4. The summed E-state index contributed by atoms with van der Waals surface area (Å²) in [4.78, 5) is 22.1. The van der Waals surface area contributed by atoms with E-state index in [9.17, 15) is 4.79 Å². The minimum absolute atomic E-state index is 0.0500. The van der Waals surface area contributed by atoms with E-state index in [0.717, 1.165) is 32.5 Å². The van der Waals surface area contributed by atoms with Gasteiger partial charge in [0, 0.05) is 31.5 Å². The summed E-state index contributed by atoms with van der Waals surface area (Å²) in [6.45, 7) is 6.94. The van der Waals surface area contributed by atoms with Crippen LogP contribution in [0.4, 0.5) is 0 Å². The van der Waals surface area contributed by atoms with Gasteiger partial charge in [0.2, 0.25) is 0 Å². The minimum atomic E-state index is 0.0500. The first-order valence-electron chi connectivity index (χ1n) is 7.03. The van der Waals surface area contributed by atoms with Gasteiger partial charge in [-0.3, -0.25) is 4.79 Å². The fourth-order valence-electron chi connectivity index (χ4n) is 2.75. The summed E-state index contributed by atoms with van der Waals surface area (Å²) >= 11 is 0. The van der Waals surface area contributed by atoms with Crippen molar-refractivity contribution in [2.75, 3.05) is 19.6 Å². The molecule has 2 unspecified atom stereocenters. The third-order valence-corrected chi connectivity index (χ3v) is 3.82. The number of amides is 1. The van der Waals surface area contributed by atoms with Gasteiger partial charge in [0.15, 0.2) is 0 Å². The molecule has 1 aliphatic heterocycles. The Morgan fingerprint density at radius 1 is 1.42 bits per heavy atom. The van der Waals surface area contributed by atoms with Gasteiger partial charge in [-0.1, -0.05) is 20.3 Å². The second-order valence-corrected chi connectivity index (χ2v) is 5.00. The first kappa shape index (κ1) is 13.9. The molecule has 0 spiro atoms. The van der Waals surface area contributed by atoms with Gasteiger partial charge in [0.1, 0.15) is 6.33 Å². The third-order valence-electron chi connectivity index (χ3n) is 3.82. The molecule has 0 bridgehead atoms. The van der Waals surface area contributed by atoms with Crippen molar-refractivity contribution < 1.29 is 4.79 Å². The quantitative estimate of drug-likeness (QED) is 0.889. The second-order valence-electron chi connectivity index (χ2n) is 5.00. The molecule has 0 radical (unpaired) electrons. The minimum Gasteiger partial charge on any atom is -0.338 e. The van der Waals surface area contributed by atoms with Gasteiger partial charge >= 0.3 is 0 Å². The maximum Gasteiger partial charge on any atom is 0.257 e. The van der Waals surface area contributed by atoms with Gasteiger partial charge < -0.3 is 10.2 Å². The summed E-state index contributed by atoms with van der Waals surface area (Å²) in [6.07, 6.45) is 6.74. The fourth-order valence-corrected chi connectivity index (χ4v) is 2.75. The highest BCUT2D eigenvalue weighted by atomic mass is 16.2. The topological polar surface area (TPSA) is 58.1 Å². The van der Waals surface area contributed by atoms with E-state index in [2.05, 4.69) is 29.1 Å². The van der Waals surface area contributed by atoms with Crippen LogP contribution in [0.25, 0.3) is 0 Å². The molecule has 1 aromatic rings. The lowest BCUT2D eigenvalue weighted by Gasteiger charge is -2.38. The zero-order valence-corrected chi connectivity index (χ0v) is 11.7. The van der Waals surface area contributed by atoms with E-state index in [0.29, 0.717) is 17.5 Å². The molecule has 0 aromatic carbocycles. The van der Waals surface area contributed by atoms with Gasteiger partial charge in [0.05, 0.1) is 5.56 Å². The predicted molar refractivity (Wildman–Crippen MR) is 73.8 cm³/mol. The lowest BCUT2D eigenvalue weighted by Crippen LogP contribution is -2.50. The molecule has 1 aromatic heterocycles. The normalized spacial score (nSPS) is 23.4. The molecule has 2 atom stereocenters. The predicted octanol–water partition coefficient (Wildman–Crippen LogP) is 1.33. The largest absolute Gasteiger partial charge is 0.338 e. The maximum atomic E-state index is 12.4. The van der Waals surface area contributed by atoms with Crippen LogP contribution in [0.1, 0.15) is 37.0 Å². The van der Waals surface area contributed by atoms with Gasteiger partial charge in [-0.05, 0) is 18.9 Å². The number of nitrogens with zero attached hydrogens (tertiary/aromatic N) is 3. The smallest absolute Gasteiger partial charge is 0.257 e. The van der Waals surface area contributed by atoms with E-state index in [1.54, 1.807) is 12.4 Å². The standard InChI is InChI=1S/C14H22N4O/c1-3-11-9-18(6-5-13(11)17-4-2)14(19)12-7-15-10-16-8-12/h7-8,10-11,13,17H,3-6,9H2,1-2H3. The lowest BCUT2D eigenvalue weighted by molar-refractivity contribution is 0.0627. The Balaban J connectivity index is 2.02. The van der Waals surface area contributed by atoms with Gasteiger partial charge in [-0.2, -0.15) is 0 Å². The van der Waals surface area contributed by atoms with Crippen molar-refractivity contribution in [1.29, 1.82) is 0 Å². The van der Waals surface area contributed by atoms with Gasteiger partial charge in [-0.25, -0.2) is 9.97 Å². The van der Waals surface area contributed by atoms with E-state index in [1.165, 1.54) is 6.33 Å². The molecule has 1 N–H and O–H groups in total. The molecular weight excluding hydrogens is 240 g/mol. The van der Waals surface area contributed by atoms with Crippen molar-refractivity contribution >= 4 is 5.91 Å². The molecule has 5 nitrogen and oxygen atoms in total. The molecule has 2 rings (SSSR count). The van der Waals surface area contributed by atoms with Crippen molar-refractivity contribution in [1.82, 2.24) is 20.2 Å². The Bertz CT molecular complexity index is 409. The molecule has 1 fully saturated rings. The molecule has 5 heteroatoms. The number of carbonyl (C=O) groups is 1. The average Bonchev–Trinajstić information content (AvgIpc) is 2.48. The second kappa shape index (κ2) is 6.61. The molecule has 1 amide bonds. The van der Waals surface area contributed by atoms with Crippen LogP contribution >= 0.6 is 0 Å². The molecule has 0 saturated carbocycles. The Morgan fingerprint density at radius 3 is 2.79 bits per heavy atom. The Labute approximate surface area is 114 Å². The number of hydrogen-bond donors (Lipinski definition) is 1. The average molecular weight is 262 g/mol. The van der Waals surface area contributed by atoms with Crippen LogP contribution in [0, 0.1) is 5.92 Å². The first-order chi connectivity index (χ1) is 9.26. The van der Waals surface area contributed by atoms with Crippen LogP contribution in [-0.4, -0.2) is 46.5 Å². The van der Waals surface area contributed by atoms with E-state index >= 15 is 0 Å². The Morgan fingerprint density at radius 2 is 2.16 bits per heavy atom. The summed E-state index contributed by atoms with van der Waals surface area (Å²) in [6, 6.07) is 0.533. The van der Waals surface area contributed by atoms with Crippen LogP contribution in [0.5, 0.6) is 0 Å². The number of hydrogen-bond acceptors (Lipinski definition) is 4. The van der Waals surface area contributed by atoms with Crippen LogP contribution in [0.2, 0.25) is 0 Å². The molecule has 19 heavy (non-hydrogen) atoms. The zero-order valence-electron chi connectivity index (χ0n) is 11.7. The number of likely N-dealkylation sites (tertiary alicyclic amines) is 1. The van der Waals surface area contributed by atoms with Crippen LogP contribution in [0.3, 0.4) is 0 Å². The first-order valence-corrected chi connectivity index (χ1v) is 7.03. The van der Waals surface area contributed by atoms with Gasteiger partial charge in [0.25, 0.3) is 5.91 Å². The third kappa shape index (κ3) is 3.29. The monoisotopic (exact) mass is 262 g/mol. The number of nitrogens with one attached hydrogen (secondary N) is 1. The molecule has 104 valence electrons. The fraction of sp³-hybridized carbons (Fsp3) is 0.643. The van der Waals surface area contributed by atoms with Crippen molar-refractivity contribution in [3.8, 4) is 0 Å². The van der Waals surface area contributed by atoms with Crippen LogP contribution < -0.4 is 5.32 Å². The Hall–Kier alpha value is -1.49. The molecule has 0 aliphatic carbocycles. The number of rotatable bonds is 4. The van der Waals surface area contributed by atoms with Crippen LogP contribution in [0.15, 0.2) is 18.7 Å². The molecule has 1 aliphatic rings. The summed E-state index contributed by atoms with van der Waals surface area (Å²) in [5.74, 6) is 0.580. The molecule has 1 saturated heterocycles. The molecular formula is C14H22N4O. The SMILES string of the molecule is CCNC1CCN(C(=O)c2cncnc2)CC1CC. The van der Waals surface area contributed by atoms with E-state index < -0.39 is 0 Å². The highest BCUT2D eigenvalue weighted by Crippen LogP contribution is 2.21. The number of piperidine rings is 1. The van der Waals surface area contributed by atoms with Crippen molar-refractivity contribution in [3.05, 3.63) is 24.3 Å². The summed E-state index contributed by atoms with van der Waals surface area (Å²) in [7, 11) is 0. The van der Waals surface area contributed by atoms with Crippen molar-refractivity contribution in [3.63, 3.8) is 0 Å². The summed E-state index contributed by atoms with van der Waals surface area (Å²) in [5.41, 5.74) is 0.583. The lowest BCUT2D eigenvalue weighted by atomic mass is 9.89. The summed E-state index contributed by atoms with van der Waals surface area (Å²) < 4.78 is 0. The number of carbonyl (C=O) groups excluding carboxylic acids is 1. The molecule has 2 heterocycles. The van der Waals surface area contributed by atoms with Gasteiger partial charge in [-0.15, -0.1) is 0 Å². The van der Waals surface area contributed by atoms with E-state index in [4.69, 9.17) is 0 Å². The Kier molecular flexibility index (Phi) is 4.85. The number of aromatic nitrogens is 2. The van der Waals surface area contributed by atoms with E-state index in [1.807, 2.05) is 4.90 Å².